The fourth-order valence-corrected chi connectivity index (χ4v) is 3.25. The highest BCUT2D eigenvalue weighted by molar-refractivity contribution is 6.35. The third-order valence-corrected chi connectivity index (χ3v) is 4.36. The van der Waals surface area contributed by atoms with E-state index in [1.165, 1.54) is 0 Å². The first-order valence-corrected chi connectivity index (χ1v) is 7.81. The van der Waals surface area contributed by atoms with Gasteiger partial charge in [-0.3, -0.25) is 4.57 Å². The van der Waals surface area contributed by atoms with Crippen LogP contribution < -0.4 is 0 Å². The van der Waals surface area contributed by atoms with Crippen molar-refractivity contribution in [1.82, 2.24) is 9.55 Å². The molecule has 0 spiro atoms. The Morgan fingerprint density at radius 1 is 0.909 bits per heavy atom. The van der Waals surface area contributed by atoms with Crippen LogP contribution in [0.5, 0.6) is 0 Å². The third-order valence-electron chi connectivity index (χ3n) is 4.04. The predicted octanol–water partition coefficient (Wildman–Crippen LogP) is 5.39. The molecule has 2 nitrogen and oxygen atoms in total. The van der Waals surface area contributed by atoms with Crippen molar-refractivity contribution in [2.24, 2.45) is 0 Å². The van der Waals surface area contributed by atoms with E-state index in [4.69, 9.17) is 16.6 Å². The minimum absolute atomic E-state index is 0.779. The van der Waals surface area contributed by atoms with Crippen LogP contribution in [0, 0.1) is 0 Å². The van der Waals surface area contributed by atoms with Crippen molar-refractivity contribution in [3.63, 3.8) is 0 Å². The maximum atomic E-state index is 6.36. The number of hydrogen-bond acceptors (Lipinski definition) is 1. The number of benzene rings is 3. The molecule has 0 amide bonds. The summed E-state index contributed by atoms with van der Waals surface area (Å²) in [7, 11) is 0. The molecular formula is C19H15ClN2. The molecule has 1 heterocycles. The zero-order chi connectivity index (χ0) is 15.1. The standard InChI is InChI=1S/C19H15ClN2/c1-2-19-21-16-9-5-6-10-18(16)22(19)17-12-11-15(20)13-7-3-4-8-14(13)17/h3-12H,2H2,1H3. The smallest absolute Gasteiger partial charge is 0.114 e. The molecular weight excluding hydrogens is 292 g/mol. The number of para-hydroxylation sites is 2. The number of aromatic nitrogens is 2. The zero-order valence-corrected chi connectivity index (χ0v) is 13.0. The molecule has 108 valence electrons. The molecule has 3 heteroatoms. The highest BCUT2D eigenvalue weighted by Crippen LogP contribution is 2.31. The molecule has 0 atom stereocenters. The van der Waals surface area contributed by atoms with E-state index in [1.54, 1.807) is 0 Å². The largest absolute Gasteiger partial charge is 0.296 e. The number of fused-ring (bicyclic) bond motifs is 2. The van der Waals surface area contributed by atoms with Crippen molar-refractivity contribution in [3.8, 4) is 5.69 Å². The Labute approximate surface area is 134 Å². The quantitative estimate of drug-likeness (QED) is 0.485. The molecule has 0 aliphatic carbocycles. The number of imidazole rings is 1. The summed E-state index contributed by atoms with van der Waals surface area (Å²) in [6, 6.07) is 20.5. The Morgan fingerprint density at radius 3 is 2.45 bits per heavy atom. The summed E-state index contributed by atoms with van der Waals surface area (Å²) in [4.78, 5) is 4.77. The van der Waals surface area contributed by atoms with E-state index in [-0.39, 0.29) is 0 Å². The average molecular weight is 307 g/mol. The molecule has 0 bridgehead atoms. The van der Waals surface area contributed by atoms with E-state index in [2.05, 4.69) is 47.9 Å². The second kappa shape index (κ2) is 5.15. The third kappa shape index (κ3) is 1.92. The number of halogens is 1. The Bertz CT molecular complexity index is 985. The van der Waals surface area contributed by atoms with Crippen molar-refractivity contribution in [2.75, 3.05) is 0 Å². The fourth-order valence-electron chi connectivity index (χ4n) is 3.02. The number of nitrogens with zero attached hydrogens (tertiary/aromatic N) is 2. The monoisotopic (exact) mass is 306 g/mol. The molecule has 3 aromatic carbocycles. The second-order valence-electron chi connectivity index (χ2n) is 5.32. The molecule has 0 aliphatic heterocycles. The van der Waals surface area contributed by atoms with Gasteiger partial charge in [0.15, 0.2) is 0 Å². The second-order valence-corrected chi connectivity index (χ2v) is 5.73. The van der Waals surface area contributed by atoms with Gasteiger partial charge in [-0.05, 0) is 24.3 Å². The number of aryl methyl sites for hydroxylation is 1. The van der Waals surface area contributed by atoms with Crippen molar-refractivity contribution >= 4 is 33.4 Å². The topological polar surface area (TPSA) is 17.8 Å². The molecule has 0 saturated heterocycles. The van der Waals surface area contributed by atoms with Gasteiger partial charge in [-0.25, -0.2) is 4.98 Å². The van der Waals surface area contributed by atoms with Gasteiger partial charge < -0.3 is 0 Å². The van der Waals surface area contributed by atoms with Crippen LogP contribution in [-0.4, -0.2) is 9.55 Å². The van der Waals surface area contributed by atoms with E-state index in [1.807, 2.05) is 24.3 Å². The molecule has 4 rings (SSSR count). The number of rotatable bonds is 2. The van der Waals surface area contributed by atoms with Crippen LogP contribution in [-0.2, 0) is 6.42 Å². The molecule has 22 heavy (non-hydrogen) atoms. The van der Waals surface area contributed by atoms with Crippen molar-refractivity contribution in [1.29, 1.82) is 0 Å². The van der Waals surface area contributed by atoms with Crippen molar-refractivity contribution < 1.29 is 0 Å². The summed E-state index contributed by atoms with van der Waals surface area (Å²) in [5.41, 5.74) is 3.29. The lowest BCUT2D eigenvalue weighted by Crippen LogP contribution is -2.01. The summed E-state index contributed by atoms with van der Waals surface area (Å²) < 4.78 is 2.24. The van der Waals surface area contributed by atoms with Crippen LogP contribution in [0.3, 0.4) is 0 Å². The van der Waals surface area contributed by atoms with Crippen LogP contribution in [0.2, 0.25) is 5.02 Å². The van der Waals surface area contributed by atoms with E-state index < -0.39 is 0 Å². The van der Waals surface area contributed by atoms with Gasteiger partial charge in [0.05, 0.1) is 16.7 Å². The summed E-state index contributed by atoms with van der Waals surface area (Å²) >= 11 is 6.36. The van der Waals surface area contributed by atoms with Crippen LogP contribution >= 0.6 is 11.6 Å². The Kier molecular flexibility index (Phi) is 3.12. The molecule has 0 fully saturated rings. The molecule has 1 aromatic heterocycles. The van der Waals surface area contributed by atoms with E-state index in [0.717, 1.165) is 44.8 Å². The first-order valence-electron chi connectivity index (χ1n) is 7.43. The number of hydrogen-bond donors (Lipinski definition) is 0. The summed E-state index contributed by atoms with van der Waals surface area (Å²) in [6.45, 7) is 2.13. The SMILES string of the molecule is CCc1nc2ccccc2n1-c1ccc(Cl)c2ccccc12. The summed E-state index contributed by atoms with van der Waals surface area (Å²) in [5.74, 6) is 1.06. The van der Waals surface area contributed by atoms with Crippen LogP contribution in [0.1, 0.15) is 12.7 Å². The lowest BCUT2D eigenvalue weighted by Gasteiger charge is -2.12. The normalized spacial score (nSPS) is 11.4. The Hall–Kier alpha value is -2.32. The first kappa shape index (κ1) is 13.4. The summed E-state index contributed by atoms with van der Waals surface area (Å²) in [5, 5.41) is 3.00. The lowest BCUT2D eigenvalue weighted by molar-refractivity contribution is 0.913. The molecule has 4 aromatic rings. The van der Waals surface area contributed by atoms with Gasteiger partial charge in [0, 0.05) is 22.2 Å². The van der Waals surface area contributed by atoms with Crippen LogP contribution in [0.25, 0.3) is 27.5 Å². The van der Waals surface area contributed by atoms with Crippen molar-refractivity contribution in [3.05, 3.63) is 71.5 Å². The minimum Gasteiger partial charge on any atom is -0.296 e. The zero-order valence-electron chi connectivity index (χ0n) is 12.3. The summed E-state index contributed by atoms with van der Waals surface area (Å²) in [6.07, 6.45) is 0.881. The maximum absolute atomic E-state index is 6.36. The average Bonchev–Trinajstić information content (AvgIpc) is 2.94. The Morgan fingerprint density at radius 2 is 1.64 bits per heavy atom. The highest BCUT2D eigenvalue weighted by Gasteiger charge is 2.13. The van der Waals surface area contributed by atoms with Gasteiger partial charge in [-0.1, -0.05) is 54.9 Å². The molecule has 0 saturated carbocycles. The van der Waals surface area contributed by atoms with E-state index >= 15 is 0 Å². The van der Waals surface area contributed by atoms with Gasteiger partial charge in [0.1, 0.15) is 5.82 Å². The van der Waals surface area contributed by atoms with Gasteiger partial charge in [0.2, 0.25) is 0 Å². The van der Waals surface area contributed by atoms with E-state index in [0.29, 0.717) is 0 Å². The lowest BCUT2D eigenvalue weighted by atomic mass is 10.1. The minimum atomic E-state index is 0.779. The predicted molar refractivity (Wildman–Crippen MR) is 93.0 cm³/mol. The first-order chi connectivity index (χ1) is 10.8. The molecule has 0 radical (unpaired) electrons. The van der Waals surface area contributed by atoms with E-state index in [9.17, 15) is 0 Å². The highest BCUT2D eigenvalue weighted by atomic mass is 35.5. The molecule has 0 aliphatic rings. The van der Waals surface area contributed by atoms with Crippen LogP contribution in [0.15, 0.2) is 60.7 Å². The van der Waals surface area contributed by atoms with Crippen LogP contribution in [0.4, 0.5) is 0 Å². The molecule has 0 unspecified atom stereocenters. The maximum Gasteiger partial charge on any atom is 0.114 e. The van der Waals surface area contributed by atoms with Crippen molar-refractivity contribution in [2.45, 2.75) is 13.3 Å². The van der Waals surface area contributed by atoms with Gasteiger partial charge >= 0.3 is 0 Å². The fraction of sp³-hybridized carbons (Fsp3) is 0.105. The van der Waals surface area contributed by atoms with Gasteiger partial charge in [-0.15, -0.1) is 0 Å². The van der Waals surface area contributed by atoms with Gasteiger partial charge in [0.25, 0.3) is 0 Å². The Balaban J connectivity index is 2.14. The van der Waals surface area contributed by atoms with Gasteiger partial charge in [-0.2, -0.15) is 0 Å². The molecule has 0 N–H and O–H groups in total.